The van der Waals surface area contributed by atoms with Gasteiger partial charge in [-0.15, -0.1) is 0 Å². The summed E-state index contributed by atoms with van der Waals surface area (Å²) in [4.78, 5) is 0. The summed E-state index contributed by atoms with van der Waals surface area (Å²) in [5.74, 6) is 0.625. The van der Waals surface area contributed by atoms with Crippen molar-refractivity contribution in [2.75, 3.05) is 6.54 Å². The fourth-order valence-electron chi connectivity index (χ4n) is 2.42. The third-order valence-electron chi connectivity index (χ3n) is 3.35. The molecule has 1 heterocycles. The minimum absolute atomic E-state index is 0.390. The molecular weight excluding hydrogens is 290 g/mol. The minimum atomic E-state index is 0.390. The van der Waals surface area contributed by atoms with E-state index in [1.165, 1.54) is 18.5 Å². The van der Waals surface area contributed by atoms with Crippen molar-refractivity contribution in [2.24, 2.45) is 5.92 Å². The van der Waals surface area contributed by atoms with Crippen molar-refractivity contribution in [3.05, 3.63) is 16.4 Å². The van der Waals surface area contributed by atoms with Crippen LogP contribution in [0.3, 0.4) is 0 Å². The maximum Gasteiger partial charge on any atom is 0.0698 e. The van der Waals surface area contributed by atoms with Gasteiger partial charge in [0.25, 0.3) is 0 Å². The van der Waals surface area contributed by atoms with E-state index in [9.17, 15) is 0 Å². The molecule has 3 nitrogen and oxygen atoms in total. The molecule has 1 aromatic rings. The number of nitrogens with one attached hydrogen (secondary N) is 1. The second-order valence-electron chi connectivity index (χ2n) is 4.89. The number of hydrogen-bond acceptors (Lipinski definition) is 2. The predicted octanol–water partition coefficient (Wildman–Crippen LogP) is 4.14. The second-order valence-corrected chi connectivity index (χ2v) is 5.75. The Morgan fingerprint density at radius 2 is 2.06 bits per heavy atom. The fourth-order valence-corrected chi connectivity index (χ4v) is 2.97. The average Bonchev–Trinajstić information content (AvgIpc) is 2.72. The molecule has 0 saturated carbocycles. The molecule has 0 aliphatic rings. The summed E-state index contributed by atoms with van der Waals surface area (Å²) in [6.45, 7) is 10.9. The van der Waals surface area contributed by atoms with Gasteiger partial charge in [0.15, 0.2) is 0 Å². The van der Waals surface area contributed by atoms with E-state index in [-0.39, 0.29) is 0 Å². The van der Waals surface area contributed by atoms with Crippen LogP contribution in [-0.4, -0.2) is 16.3 Å². The van der Waals surface area contributed by atoms with Gasteiger partial charge >= 0.3 is 0 Å². The highest BCUT2D eigenvalue weighted by Gasteiger charge is 2.24. The third-order valence-corrected chi connectivity index (χ3v) is 3.97. The van der Waals surface area contributed by atoms with Crippen molar-refractivity contribution in [1.29, 1.82) is 0 Å². The second kappa shape index (κ2) is 7.95. The van der Waals surface area contributed by atoms with Gasteiger partial charge in [0.05, 0.1) is 22.4 Å². The van der Waals surface area contributed by atoms with Gasteiger partial charge in [0.1, 0.15) is 0 Å². The summed E-state index contributed by atoms with van der Waals surface area (Å²) in [5, 5.41) is 8.12. The maximum atomic E-state index is 4.44. The number of aromatic nitrogens is 2. The van der Waals surface area contributed by atoms with Crippen LogP contribution in [0.5, 0.6) is 0 Å². The van der Waals surface area contributed by atoms with Crippen molar-refractivity contribution in [3.8, 4) is 0 Å². The molecule has 0 amide bonds. The number of hydrogen-bond donors (Lipinski definition) is 1. The van der Waals surface area contributed by atoms with Crippen LogP contribution in [0, 0.1) is 5.92 Å². The minimum Gasteiger partial charge on any atom is -0.308 e. The Hall–Kier alpha value is -0.350. The Morgan fingerprint density at radius 1 is 1.33 bits per heavy atom. The molecule has 2 unspecified atom stereocenters. The third kappa shape index (κ3) is 3.82. The summed E-state index contributed by atoms with van der Waals surface area (Å²) in [5.41, 5.74) is 1.30. The van der Waals surface area contributed by atoms with Crippen LogP contribution in [0.15, 0.2) is 10.7 Å². The lowest BCUT2D eigenvalue weighted by Gasteiger charge is -2.26. The van der Waals surface area contributed by atoms with Gasteiger partial charge in [-0.25, -0.2) is 0 Å². The Balaban J connectivity index is 2.96. The topological polar surface area (TPSA) is 29.9 Å². The predicted molar refractivity (Wildman–Crippen MR) is 80.7 cm³/mol. The summed E-state index contributed by atoms with van der Waals surface area (Å²) in [6, 6.07) is 0.390. The van der Waals surface area contributed by atoms with Crippen LogP contribution in [0.1, 0.15) is 58.7 Å². The van der Waals surface area contributed by atoms with E-state index in [0.29, 0.717) is 12.0 Å². The molecular formula is C14H26BrN3. The lowest BCUT2D eigenvalue weighted by Crippen LogP contribution is -2.30. The molecule has 0 fully saturated rings. The molecule has 4 heteroatoms. The van der Waals surface area contributed by atoms with E-state index in [0.717, 1.165) is 24.0 Å². The SMILES string of the molecule is CCCNC(c1c(Br)cnn1CC)C(C)CCC. The van der Waals surface area contributed by atoms with Crippen LogP contribution in [0.25, 0.3) is 0 Å². The van der Waals surface area contributed by atoms with Gasteiger partial charge in [-0.2, -0.15) is 5.10 Å². The van der Waals surface area contributed by atoms with Crippen LogP contribution >= 0.6 is 15.9 Å². The zero-order chi connectivity index (χ0) is 13.5. The molecule has 2 atom stereocenters. The molecule has 0 saturated heterocycles. The smallest absolute Gasteiger partial charge is 0.0698 e. The molecule has 0 radical (unpaired) electrons. The van der Waals surface area contributed by atoms with E-state index in [4.69, 9.17) is 0 Å². The Kier molecular flexibility index (Phi) is 6.94. The monoisotopic (exact) mass is 315 g/mol. The number of aryl methyl sites for hydroxylation is 1. The molecule has 0 bridgehead atoms. The zero-order valence-corrected chi connectivity index (χ0v) is 13.6. The van der Waals surface area contributed by atoms with Gasteiger partial charge in [0, 0.05) is 6.54 Å². The molecule has 0 aliphatic carbocycles. The first-order valence-corrected chi connectivity index (χ1v) is 7.89. The largest absolute Gasteiger partial charge is 0.308 e. The van der Waals surface area contributed by atoms with Crippen molar-refractivity contribution in [3.63, 3.8) is 0 Å². The lowest BCUT2D eigenvalue weighted by molar-refractivity contribution is 0.342. The van der Waals surface area contributed by atoms with Crippen molar-refractivity contribution in [1.82, 2.24) is 15.1 Å². The Bertz CT molecular complexity index is 349. The molecule has 1 rings (SSSR count). The van der Waals surface area contributed by atoms with Crippen molar-refractivity contribution < 1.29 is 0 Å². The van der Waals surface area contributed by atoms with Crippen LogP contribution < -0.4 is 5.32 Å². The zero-order valence-electron chi connectivity index (χ0n) is 12.0. The summed E-state index contributed by atoms with van der Waals surface area (Å²) in [6.07, 6.45) is 5.54. The molecule has 104 valence electrons. The highest BCUT2D eigenvalue weighted by molar-refractivity contribution is 9.10. The first-order chi connectivity index (χ1) is 8.65. The normalized spacial score (nSPS) is 14.7. The van der Waals surface area contributed by atoms with Crippen LogP contribution in [0.2, 0.25) is 0 Å². The van der Waals surface area contributed by atoms with Gasteiger partial charge in [-0.05, 0) is 48.2 Å². The standard InChI is InChI=1S/C14H26BrN3/c1-5-8-11(4)13(16-9-6-2)14-12(15)10-17-18(14)7-3/h10-11,13,16H,5-9H2,1-4H3. The molecule has 18 heavy (non-hydrogen) atoms. The summed E-state index contributed by atoms with van der Waals surface area (Å²) >= 11 is 3.65. The van der Waals surface area contributed by atoms with Crippen molar-refractivity contribution >= 4 is 15.9 Å². The molecule has 0 aromatic carbocycles. The first-order valence-electron chi connectivity index (χ1n) is 7.10. The van der Waals surface area contributed by atoms with Gasteiger partial charge in [-0.3, -0.25) is 4.68 Å². The van der Waals surface area contributed by atoms with Crippen molar-refractivity contribution in [2.45, 2.75) is 59.5 Å². The lowest BCUT2D eigenvalue weighted by atomic mass is 9.94. The molecule has 0 spiro atoms. The van der Waals surface area contributed by atoms with E-state index in [2.05, 4.69) is 58.7 Å². The Morgan fingerprint density at radius 3 is 2.61 bits per heavy atom. The fraction of sp³-hybridized carbons (Fsp3) is 0.786. The van der Waals surface area contributed by atoms with E-state index in [1.807, 2.05) is 6.20 Å². The van der Waals surface area contributed by atoms with Gasteiger partial charge in [0.2, 0.25) is 0 Å². The first kappa shape index (κ1) is 15.7. The van der Waals surface area contributed by atoms with E-state index in [1.54, 1.807) is 0 Å². The molecule has 0 aliphatic heterocycles. The van der Waals surface area contributed by atoms with Crippen LogP contribution in [-0.2, 0) is 6.54 Å². The maximum absolute atomic E-state index is 4.44. The van der Waals surface area contributed by atoms with E-state index < -0.39 is 0 Å². The van der Waals surface area contributed by atoms with E-state index >= 15 is 0 Å². The number of rotatable bonds is 8. The number of nitrogens with zero attached hydrogens (tertiary/aromatic N) is 2. The molecule has 1 N–H and O–H groups in total. The quantitative estimate of drug-likeness (QED) is 0.781. The highest BCUT2D eigenvalue weighted by atomic mass is 79.9. The van der Waals surface area contributed by atoms with Gasteiger partial charge < -0.3 is 5.32 Å². The Labute approximate surface area is 119 Å². The summed E-state index contributed by atoms with van der Waals surface area (Å²) in [7, 11) is 0. The summed E-state index contributed by atoms with van der Waals surface area (Å²) < 4.78 is 3.23. The highest BCUT2D eigenvalue weighted by Crippen LogP contribution is 2.31. The average molecular weight is 316 g/mol. The van der Waals surface area contributed by atoms with Crippen LogP contribution in [0.4, 0.5) is 0 Å². The van der Waals surface area contributed by atoms with Gasteiger partial charge in [-0.1, -0.05) is 27.2 Å². The molecule has 1 aromatic heterocycles. The number of halogens is 1.